The van der Waals surface area contributed by atoms with Crippen molar-refractivity contribution < 1.29 is 4.74 Å². The standard InChI is InChI=1S/C17H36N2O/c1-7-11-20-12-10-19-13-15(16(4,5)6)18-14-17(19,8-2)9-3/h15,18H,7-14H2,1-6H3. The highest BCUT2D eigenvalue weighted by atomic mass is 16.5. The van der Waals surface area contributed by atoms with Crippen molar-refractivity contribution in [2.75, 3.05) is 32.8 Å². The Morgan fingerprint density at radius 2 is 1.80 bits per heavy atom. The van der Waals surface area contributed by atoms with Gasteiger partial charge < -0.3 is 10.1 Å². The lowest BCUT2D eigenvalue weighted by atomic mass is 9.80. The van der Waals surface area contributed by atoms with Crippen LogP contribution in [0.5, 0.6) is 0 Å². The van der Waals surface area contributed by atoms with Gasteiger partial charge in [0, 0.05) is 37.8 Å². The van der Waals surface area contributed by atoms with Crippen LogP contribution in [0.2, 0.25) is 0 Å². The Kier molecular flexibility index (Phi) is 6.96. The van der Waals surface area contributed by atoms with Gasteiger partial charge in [-0.15, -0.1) is 0 Å². The summed E-state index contributed by atoms with van der Waals surface area (Å²) in [7, 11) is 0. The molecule has 20 heavy (non-hydrogen) atoms. The number of hydrogen-bond acceptors (Lipinski definition) is 3. The van der Waals surface area contributed by atoms with Gasteiger partial charge in [0.25, 0.3) is 0 Å². The number of nitrogens with zero attached hydrogens (tertiary/aromatic N) is 1. The number of hydrogen-bond donors (Lipinski definition) is 1. The molecule has 3 nitrogen and oxygen atoms in total. The summed E-state index contributed by atoms with van der Waals surface area (Å²) in [6, 6.07) is 0.569. The van der Waals surface area contributed by atoms with Crippen molar-refractivity contribution in [1.29, 1.82) is 0 Å². The van der Waals surface area contributed by atoms with E-state index in [4.69, 9.17) is 4.74 Å². The number of rotatable bonds is 7. The van der Waals surface area contributed by atoms with Crippen LogP contribution in [0.15, 0.2) is 0 Å². The molecule has 0 aliphatic carbocycles. The van der Waals surface area contributed by atoms with Gasteiger partial charge in [-0.25, -0.2) is 0 Å². The summed E-state index contributed by atoms with van der Waals surface area (Å²) < 4.78 is 5.73. The quantitative estimate of drug-likeness (QED) is 0.726. The van der Waals surface area contributed by atoms with Crippen LogP contribution in [-0.4, -0.2) is 49.3 Å². The minimum absolute atomic E-state index is 0.316. The van der Waals surface area contributed by atoms with Crippen LogP contribution in [0.25, 0.3) is 0 Å². The van der Waals surface area contributed by atoms with Crippen LogP contribution >= 0.6 is 0 Å². The molecule has 1 saturated heterocycles. The third kappa shape index (κ3) is 4.44. The number of ether oxygens (including phenoxy) is 1. The zero-order chi connectivity index (χ0) is 15.2. The van der Waals surface area contributed by atoms with Crippen LogP contribution in [-0.2, 0) is 4.74 Å². The van der Waals surface area contributed by atoms with E-state index in [1.165, 1.54) is 12.8 Å². The minimum Gasteiger partial charge on any atom is -0.380 e. The lowest BCUT2D eigenvalue weighted by Gasteiger charge is -2.52. The summed E-state index contributed by atoms with van der Waals surface area (Å²) in [4.78, 5) is 2.69. The molecule has 1 fully saturated rings. The third-order valence-corrected chi connectivity index (χ3v) is 4.97. The van der Waals surface area contributed by atoms with Crippen LogP contribution < -0.4 is 5.32 Å². The molecule has 0 aromatic heterocycles. The molecule has 1 N–H and O–H groups in total. The van der Waals surface area contributed by atoms with Gasteiger partial charge in [0.15, 0.2) is 0 Å². The zero-order valence-corrected chi connectivity index (χ0v) is 14.6. The predicted octanol–water partition coefficient (Wildman–Crippen LogP) is 3.29. The van der Waals surface area contributed by atoms with Crippen molar-refractivity contribution in [1.82, 2.24) is 10.2 Å². The second-order valence-corrected chi connectivity index (χ2v) is 7.29. The minimum atomic E-state index is 0.316. The van der Waals surface area contributed by atoms with Crippen molar-refractivity contribution in [3.05, 3.63) is 0 Å². The van der Waals surface area contributed by atoms with E-state index in [0.29, 0.717) is 17.0 Å². The van der Waals surface area contributed by atoms with E-state index >= 15 is 0 Å². The van der Waals surface area contributed by atoms with E-state index in [9.17, 15) is 0 Å². The fraction of sp³-hybridized carbons (Fsp3) is 1.00. The Labute approximate surface area is 126 Å². The Bertz CT molecular complexity index is 269. The van der Waals surface area contributed by atoms with Crippen molar-refractivity contribution in [3.8, 4) is 0 Å². The summed E-state index contributed by atoms with van der Waals surface area (Å²) in [5.74, 6) is 0. The molecule has 0 radical (unpaired) electrons. The topological polar surface area (TPSA) is 24.5 Å². The molecule has 0 aromatic carbocycles. The van der Waals surface area contributed by atoms with Gasteiger partial charge in [0.2, 0.25) is 0 Å². The summed E-state index contributed by atoms with van der Waals surface area (Å²) in [6.45, 7) is 18.9. The van der Waals surface area contributed by atoms with Crippen LogP contribution in [0, 0.1) is 5.41 Å². The molecule has 0 saturated carbocycles. The summed E-state index contributed by atoms with van der Waals surface area (Å²) in [5, 5.41) is 3.80. The van der Waals surface area contributed by atoms with Crippen LogP contribution in [0.1, 0.15) is 60.8 Å². The van der Waals surface area contributed by atoms with Crippen LogP contribution in [0.4, 0.5) is 0 Å². The smallest absolute Gasteiger partial charge is 0.0593 e. The van der Waals surface area contributed by atoms with Gasteiger partial charge in [-0.05, 0) is 24.7 Å². The molecule has 1 heterocycles. The Balaban J connectivity index is 2.68. The highest BCUT2D eigenvalue weighted by Crippen LogP contribution is 2.31. The van der Waals surface area contributed by atoms with E-state index in [-0.39, 0.29) is 0 Å². The number of nitrogens with one attached hydrogen (secondary N) is 1. The van der Waals surface area contributed by atoms with Gasteiger partial charge in [-0.2, -0.15) is 0 Å². The van der Waals surface area contributed by atoms with Crippen molar-refractivity contribution in [3.63, 3.8) is 0 Å². The normalized spacial score (nSPS) is 24.0. The Morgan fingerprint density at radius 1 is 1.15 bits per heavy atom. The molecular formula is C17H36N2O. The highest BCUT2D eigenvalue weighted by molar-refractivity contribution is 5.00. The molecule has 0 amide bonds. The van der Waals surface area contributed by atoms with Gasteiger partial charge in [-0.1, -0.05) is 41.5 Å². The molecule has 3 heteroatoms. The van der Waals surface area contributed by atoms with E-state index in [1.54, 1.807) is 0 Å². The van der Waals surface area contributed by atoms with Gasteiger partial charge in [0.1, 0.15) is 0 Å². The predicted molar refractivity (Wildman–Crippen MR) is 87.2 cm³/mol. The first kappa shape index (κ1) is 17.9. The first-order valence-corrected chi connectivity index (χ1v) is 8.45. The maximum Gasteiger partial charge on any atom is 0.0593 e. The van der Waals surface area contributed by atoms with Crippen molar-refractivity contribution >= 4 is 0 Å². The molecule has 0 spiro atoms. The molecule has 0 bridgehead atoms. The van der Waals surface area contributed by atoms with Crippen molar-refractivity contribution in [2.45, 2.75) is 72.4 Å². The molecule has 1 unspecified atom stereocenters. The molecule has 120 valence electrons. The van der Waals surface area contributed by atoms with E-state index in [2.05, 4.69) is 51.8 Å². The Morgan fingerprint density at radius 3 is 2.30 bits per heavy atom. The second kappa shape index (κ2) is 7.77. The zero-order valence-electron chi connectivity index (χ0n) is 14.6. The maximum atomic E-state index is 5.73. The molecule has 0 aromatic rings. The summed E-state index contributed by atoms with van der Waals surface area (Å²) >= 11 is 0. The number of piperazine rings is 1. The first-order valence-electron chi connectivity index (χ1n) is 8.45. The lowest BCUT2D eigenvalue weighted by Crippen LogP contribution is -2.67. The third-order valence-electron chi connectivity index (χ3n) is 4.97. The Hall–Kier alpha value is -0.120. The summed E-state index contributed by atoms with van der Waals surface area (Å²) in [6.07, 6.45) is 3.53. The SMILES string of the molecule is CCCOCCN1CC(C(C)(C)C)NCC1(CC)CC. The summed E-state index contributed by atoms with van der Waals surface area (Å²) in [5.41, 5.74) is 0.632. The van der Waals surface area contributed by atoms with E-state index in [1.807, 2.05) is 0 Å². The van der Waals surface area contributed by atoms with Gasteiger partial charge >= 0.3 is 0 Å². The maximum absolute atomic E-state index is 5.73. The fourth-order valence-corrected chi connectivity index (χ4v) is 3.18. The van der Waals surface area contributed by atoms with Gasteiger partial charge in [0.05, 0.1) is 6.61 Å². The first-order chi connectivity index (χ1) is 9.39. The monoisotopic (exact) mass is 284 g/mol. The van der Waals surface area contributed by atoms with E-state index < -0.39 is 0 Å². The fourth-order valence-electron chi connectivity index (χ4n) is 3.18. The lowest BCUT2D eigenvalue weighted by molar-refractivity contribution is -0.0125. The average molecular weight is 284 g/mol. The molecule has 1 rings (SSSR count). The second-order valence-electron chi connectivity index (χ2n) is 7.29. The molecular weight excluding hydrogens is 248 g/mol. The van der Waals surface area contributed by atoms with E-state index in [0.717, 1.165) is 39.3 Å². The van der Waals surface area contributed by atoms with Crippen molar-refractivity contribution in [2.24, 2.45) is 5.41 Å². The largest absolute Gasteiger partial charge is 0.380 e. The average Bonchev–Trinajstić information content (AvgIpc) is 2.42. The highest BCUT2D eigenvalue weighted by Gasteiger charge is 2.41. The molecule has 1 aliphatic heterocycles. The van der Waals surface area contributed by atoms with Gasteiger partial charge in [-0.3, -0.25) is 4.90 Å². The van der Waals surface area contributed by atoms with Crippen LogP contribution in [0.3, 0.4) is 0 Å². The molecule has 1 aliphatic rings. The molecule has 1 atom stereocenters.